The largest absolute Gasteiger partial charge is 0.507 e. The molecule has 1 aromatic rings. The number of rotatable bonds is 4. The molecular weight excluding hydrogens is 221 g/mol. The van der Waals surface area contributed by atoms with Crippen LogP contribution in [0.15, 0.2) is 35.0 Å². The average Bonchev–Trinajstić information content (AvgIpc) is 2.17. The Labute approximate surface area is 91.4 Å². The minimum atomic E-state index is -0.462. The van der Waals surface area contributed by atoms with Gasteiger partial charge in [0.15, 0.2) is 6.61 Å². The third-order valence-electron chi connectivity index (χ3n) is 1.48. The molecule has 0 atom stereocenters. The van der Waals surface area contributed by atoms with E-state index in [9.17, 15) is 9.50 Å². The predicted octanol–water partition coefficient (Wildman–Crippen LogP) is 2.63. The van der Waals surface area contributed by atoms with Crippen LogP contribution in [0.3, 0.4) is 0 Å². The van der Waals surface area contributed by atoms with Gasteiger partial charge in [0.25, 0.3) is 0 Å². The van der Waals surface area contributed by atoms with Gasteiger partial charge in [-0.1, -0.05) is 23.3 Å². The summed E-state index contributed by atoms with van der Waals surface area (Å²) < 4.78 is 12.7. The zero-order chi connectivity index (χ0) is 11.3. The van der Waals surface area contributed by atoms with Gasteiger partial charge in [-0.3, -0.25) is 0 Å². The average molecular weight is 230 g/mol. The fourth-order valence-corrected chi connectivity index (χ4v) is 0.879. The summed E-state index contributed by atoms with van der Waals surface area (Å²) in [5.41, 5.74) is 0.232. The van der Waals surface area contributed by atoms with Gasteiger partial charge in [-0.15, -0.1) is 0 Å². The summed E-state index contributed by atoms with van der Waals surface area (Å²) in [6, 6.07) is 3.52. The standard InChI is InChI=1S/C10H9ClFNO2/c1-7(11)6-15-13-5-8-4-9(12)2-3-10(8)14/h2-5,14H,1,6H2/b13-5+. The Balaban J connectivity index is 2.63. The number of nitrogens with zero attached hydrogens (tertiary/aromatic N) is 1. The molecule has 5 heteroatoms. The molecule has 0 aromatic heterocycles. The van der Waals surface area contributed by atoms with Crippen molar-refractivity contribution in [3.05, 3.63) is 41.2 Å². The van der Waals surface area contributed by atoms with E-state index in [0.717, 1.165) is 12.1 Å². The maximum Gasteiger partial charge on any atom is 0.152 e. The summed E-state index contributed by atoms with van der Waals surface area (Å²) in [5.74, 6) is -0.538. The Morgan fingerprint density at radius 3 is 3.07 bits per heavy atom. The monoisotopic (exact) mass is 229 g/mol. The number of phenols is 1. The lowest BCUT2D eigenvalue weighted by Crippen LogP contribution is -1.89. The topological polar surface area (TPSA) is 41.8 Å². The fraction of sp³-hybridized carbons (Fsp3) is 0.100. The van der Waals surface area contributed by atoms with Crippen LogP contribution in [0.1, 0.15) is 5.56 Å². The van der Waals surface area contributed by atoms with Crippen LogP contribution in [-0.4, -0.2) is 17.9 Å². The van der Waals surface area contributed by atoms with Crippen molar-refractivity contribution < 1.29 is 14.3 Å². The lowest BCUT2D eigenvalue weighted by atomic mass is 10.2. The molecule has 0 heterocycles. The summed E-state index contributed by atoms with van der Waals surface area (Å²) in [6.45, 7) is 3.45. The van der Waals surface area contributed by atoms with Gasteiger partial charge >= 0.3 is 0 Å². The zero-order valence-corrected chi connectivity index (χ0v) is 8.54. The van der Waals surface area contributed by atoms with Crippen LogP contribution in [0.5, 0.6) is 5.75 Å². The van der Waals surface area contributed by atoms with E-state index in [1.807, 2.05) is 0 Å². The highest BCUT2D eigenvalue weighted by molar-refractivity contribution is 6.29. The first kappa shape index (κ1) is 11.5. The smallest absolute Gasteiger partial charge is 0.152 e. The van der Waals surface area contributed by atoms with Crippen molar-refractivity contribution in [3.8, 4) is 5.75 Å². The maximum atomic E-state index is 12.7. The maximum absolute atomic E-state index is 12.7. The molecule has 0 fully saturated rings. The van der Waals surface area contributed by atoms with Crippen molar-refractivity contribution in [1.29, 1.82) is 0 Å². The van der Waals surface area contributed by atoms with E-state index in [1.54, 1.807) is 0 Å². The van der Waals surface area contributed by atoms with Gasteiger partial charge in [-0.25, -0.2) is 4.39 Å². The zero-order valence-electron chi connectivity index (χ0n) is 7.78. The molecule has 1 aromatic carbocycles. The summed E-state index contributed by atoms with van der Waals surface area (Å²) >= 11 is 5.41. The van der Waals surface area contributed by atoms with Crippen molar-refractivity contribution in [2.24, 2.45) is 5.16 Å². The lowest BCUT2D eigenvalue weighted by molar-refractivity contribution is 0.174. The molecule has 0 amide bonds. The molecule has 1 N–H and O–H groups in total. The minimum absolute atomic E-state index is 0.0636. The van der Waals surface area contributed by atoms with Gasteiger partial charge in [0.1, 0.15) is 11.6 Å². The number of aromatic hydroxyl groups is 1. The summed E-state index contributed by atoms with van der Waals surface area (Å²) in [5, 5.41) is 13.1. The van der Waals surface area contributed by atoms with Crippen LogP contribution in [0.4, 0.5) is 4.39 Å². The van der Waals surface area contributed by atoms with Crippen molar-refractivity contribution >= 4 is 17.8 Å². The summed E-state index contributed by atoms with van der Waals surface area (Å²) in [4.78, 5) is 4.70. The number of benzene rings is 1. The second-order valence-electron chi connectivity index (χ2n) is 2.73. The molecule has 0 aliphatic carbocycles. The number of hydrogen-bond donors (Lipinski definition) is 1. The van der Waals surface area contributed by atoms with Crippen molar-refractivity contribution in [3.63, 3.8) is 0 Å². The molecular formula is C10H9ClFNO2. The van der Waals surface area contributed by atoms with E-state index >= 15 is 0 Å². The van der Waals surface area contributed by atoms with Crippen LogP contribution in [-0.2, 0) is 4.84 Å². The van der Waals surface area contributed by atoms with Crippen molar-refractivity contribution in [1.82, 2.24) is 0 Å². The lowest BCUT2D eigenvalue weighted by Gasteiger charge is -1.98. The van der Waals surface area contributed by atoms with Gasteiger partial charge in [-0.05, 0) is 18.2 Å². The first-order valence-electron chi connectivity index (χ1n) is 4.06. The van der Waals surface area contributed by atoms with E-state index in [-0.39, 0.29) is 17.9 Å². The molecule has 1 rings (SSSR count). The minimum Gasteiger partial charge on any atom is -0.507 e. The van der Waals surface area contributed by atoms with Gasteiger partial charge in [0.05, 0.1) is 11.2 Å². The highest BCUT2D eigenvalue weighted by Gasteiger charge is 1.99. The molecule has 0 saturated carbocycles. The third-order valence-corrected chi connectivity index (χ3v) is 1.59. The van der Waals surface area contributed by atoms with Gasteiger partial charge in [0.2, 0.25) is 0 Å². The third kappa shape index (κ3) is 3.99. The molecule has 3 nitrogen and oxygen atoms in total. The van der Waals surface area contributed by atoms with E-state index in [1.165, 1.54) is 12.3 Å². The Morgan fingerprint density at radius 1 is 1.67 bits per heavy atom. The Kier molecular flexibility index (Phi) is 4.12. The molecule has 0 unspecified atom stereocenters. The van der Waals surface area contributed by atoms with E-state index in [4.69, 9.17) is 16.4 Å². The van der Waals surface area contributed by atoms with Crippen LogP contribution < -0.4 is 0 Å². The Hall–Kier alpha value is -1.55. The molecule has 80 valence electrons. The van der Waals surface area contributed by atoms with Crippen molar-refractivity contribution in [2.45, 2.75) is 0 Å². The first-order valence-corrected chi connectivity index (χ1v) is 4.44. The summed E-state index contributed by atoms with van der Waals surface area (Å²) in [7, 11) is 0. The van der Waals surface area contributed by atoms with E-state index in [2.05, 4.69) is 11.7 Å². The molecule has 0 radical (unpaired) electrons. The highest BCUT2D eigenvalue weighted by Crippen LogP contribution is 2.15. The van der Waals surface area contributed by atoms with Crippen LogP contribution >= 0.6 is 11.6 Å². The van der Waals surface area contributed by atoms with E-state index < -0.39 is 5.82 Å². The fourth-order valence-electron chi connectivity index (χ4n) is 0.830. The molecule has 0 spiro atoms. The van der Waals surface area contributed by atoms with Gasteiger partial charge in [0, 0.05) is 5.56 Å². The highest BCUT2D eigenvalue weighted by atomic mass is 35.5. The number of hydrogen-bond acceptors (Lipinski definition) is 3. The van der Waals surface area contributed by atoms with Crippen molar-refractivity contribution in [2.75, 3.05) is 6.61 Å². The normalized spacial score (nSPS) is 10.5. The molecule has 15 heavy (non-hydrogen) atoms. The van der Waals surface area contributed by atoms with Gasteiger partial charge < -0.3 is 9.94 Å². The Morgan fingerprint density at radius 2 is 2.40 bits per heavy atom. The first-order chi connectivity index (χ1) is 7.09. The number of phenolic OH excluding ortho intramolecular Hbond substituents is 1. The molecule has 0 saturated heterocycles. The number of oxime groups is 1. The second-order valence-corrected chi connectivity index (χ2v) is 3.26. The predicted molar refractivity (Wildman–Crippen MR) is 56.6 cm³/mol. The summed E-state index contributed by atoms with van der Waals surface area (Å²) in [6.07, 6.45) is 1.19. The van der Waals surface area contributed by atoms with Crippen LogP contribution in [0, 0.1) is 5.82 Å². The van der Waals surface area contributed by atoms with Crippen LogP contribution in [0.25, 0.3) is 0 Å². The molecule has 0 aliphatic heterocycles. The van der Waals surface area contributed by atoms with Crippen LogP contribution in [0.2, 0.25) is 0 Å². The molecule has 0 aliphatic rings. The Bertz CT molecular complexity index is 393. The number of halogens is 2. The quantitative estimate of drug-likeness (QED) is 0.637. The van der Waals surface area contributed by atoms with E-state index in [0.29, 0.717) is 5.03 Å². The SMILES string of the molecule is C=C(Cl)CO/N=C/c1cc(F)ccc1O. The molecule has 0 bridgehead atoms. The van der Waals surface area contributed by atoms with Gasteiger partial charge in [-0.2, -0.15) is 0 Å². The second kappa shape index (κ2) is 5.36.